The maximum absolute atomic E-state index is 14.2. The Balaban J connectivity index is 2.10. The van der Waals surface area contributed by atoms with Crippen molar-refractivity contribution in [3.05, 3.63) is 35.9 Å². The van der Waals surface area contributed by atoms with E-state index in [0.29, 0.717) is 12.2 Å². The van der Waals surface area contributed by atoms with Crippen LogP contribution in [-0.2, 0) is 15.2 Å². The number of hydrogen-bond donors (Lipinski definition) is 0. The first-order valence-corrected chi connectivity index (χ1v) is 5.09. The highest BCUT2D eigenvalue weighted by Crippen LogP contribution is 2.56. The predicted octanol–water partition coefficient (Wildman–Crippen LogP) is 2.43. The number of rotatable bonds is 3. The van der Waals surface area contributed by atoms with Crippen LogP contribution in [-0.4, -0.2) is 12.6 Å². The molecule has 0 heterocycles. The lowest BCUT2D eigenvalue weighted by Gasteiger charge is -2.07. The third kappa shape index (κ3) is 1.74. The standard InChI is InChI=1S/C12H13FO2/c1-2-15-11(14)10-8-12(10,13)9-6-4-3-5-7-9/h3-7,10H,2,8H2,1H3. The molecule has 0 radical (unpaired) electrons. The van der Waals surface area contributed by atoms with Gasteiger partial charge in [-0.3, -0.25) is 4.79 Å². The Morgan fingerprint density at radius 1 is 1.53 bits per heavy atom. The summed E-state index contributed by atoms with van der Waals surface area (Å²) in [5.41, 5.74) is -0.920. The predicted molar refractivity (Wildman–Crippen MR) is 54.0 cm³/mol. The number of halogens is 1. The fraction of sp³-hybridized carbons (Fsp3) is 0.417. The molecule has 1 aromatic rings. The molecule has 80 valence electrons. The van der Waals surface area contributed by atoms with Crippen molar-refractivity contribution in [3.8, 4) is 0 Å². The number of benzene rings is 1. The zero-order valence-corrected chi connectivity index (χ0v) is 8.57. The quantitative estimate of drug-likeness (QED) is 0.713. The second-order valence-electron chi connectivity index (χ2n) is 3.74. The SMILES string of the molecule is CCOC(=O)C1CC1(F)c1ccccc1. The van der Waals surface area contributed by atoms with Crippen molar-refractivity contribution >= 4 is 5.97 Å². The van der Waals surface area contributed by atoms with E-state index in [1.54, 1.807) is 31.2 Å². The molecule has 2 atom stereocenters. The number of ether oxygens (including phenoxy) is 1. The Hall–Kier alpha value is -1.38. The van der Waals surface area contributed by atoms with E-state index >= 15 is 0 Å². The molecule has 1 aliphatic carbocycles. The minimum Gasteiger partial charge on any atom is -0.466 e. The van der Waals surface area contributed by atoms with E-state index in [9.17, 15) is 9.18 Å². The molecule has 15 heavy (non-hydrogen) atoms. The molecule has 1 fully saturated rings. The van der Waals surface area contributed by atoms with E-state index < -0.39 is 17.6 Å². The zero-order chi connectivity index (χ0) is 10.9. The lowest BCUT2D eigenvalue weighted by molar-refractivity contribution is -0.145. The summed E-state index contributed by atoms with van der Waals surface area (Å²) in [4.78, 5) is 11.3. The monoisotopic (exact) mass is 208 g/mol. The molecule has 2 rings (SSSR count). The van der Waals surface area contributed by atoms with Gasteiger partial charge in [-0.1, -0.05) is 30.3 Å². The molecule has 0 saturated heterocycles. The van der Waals surface area contributed by atoms with Gasteiger partial charge < -0.3 is 4.74 Å². The summed E-state index contributed by atoms with van der Waals surface area (Å²) in [5.74, 6) is -1.04. The van der Waals surface area contributed by atoms with Gasteiger partial charge >= 0.3 is 5.97 Å². The van der Waals surface area contributed by atoms with Crippen molar-refractivity contribution in [1.82, 2.24) is 0 Å². The first kappa shape index (κ1) is 10.1. The van der Waals surface area contributed by atoms with Gasteiger partial charge in [-0.15, -0.1) is 0 Å². The lowest BCUT2D eigenvalue weighted by atomic mass is 10.1. The molecule has 0 bridgehead atoms. The molecule has 2 nitrogen and oxygen atoms in total. The summed E-state index contributed by atoms with van der Waals surface area (Å²) in [5, 5.41) is 0. The van der Waals surface area contributed by atoms with Crippen LogP contribution >= 0.6 is 0 Å². The normalized spacial score (nSPS) is 28.5. The summed E-state index contributed by atoms with van der Waals surface area (Å²) < 4.78 is 19.0. The van der Waals surface area contributed by atoms with Crippen LogP contribution in [0, 0.1) is 5.92 Å². The summed E-state index contributed by atoms with van der Waals surface area (Å²) >= 11 is 0. The van der Waals surface area contributed by atoms with Gasteiger partial charge in [0.1, 0.15) is 5.67 Å². The summed E-state index contributed by atoms with van der Waals surface area (Å²) in [7, 11) is 0. The Bertz CT molecular complexity index is 363. The Morgan fingerprint density at radius 3 is 2.80 bits per heavy atom. The fourth-order valence-corrected chi connectivity index (χ4v) is 1.79. The minimum absolute atomic E-state index is 0.246. The maximum atomic E-state index is 14.2. The van der Waals surface area contributed by atoms with Crippen LogP contribution in [0.2, 0.25) is 0 Å². The molecule has 0 amide bonds. The molecular weight excluding hydrogens is 195 g/mol. The van der Waals surface area contributed by atoms with Crippen molar-refractivity contribution < 1.29 is 13.9 Å². The minimum atomic E-state index is -1.49. The number of alkyl halides is 1. The summed E-state index contributed by atoms with van der Waals surface area (Å²) in [6.45, 7) is 2.03. The maximum Gasteiger partial charge on any atom is 0.312 e. The van der Waals surface area contributed by atoms with Gasteiger partial charge in [-0.05, 0) is 12.5 Å². The van der Waals surface area contributed by atoms with E-state index in [2.05, 4.69) is 0 Å². The van der Waals surface area contributed by atoms with Gasteiger partial charge in [-0.25, -0.2) is 4.39 Å². The Labute approximate surface area is 88.1 Å². The average Bonchev–Trinajstić information content (AvgIpc) is 2.94. The van der Waals surface area contributed by atoms with E-state index in [1.807, 2.05) is 6.07 Å². The van der Waals surface area contributed by atoms with Crippen molar-refractivity contribution in [2.75, 3.05) is 6.61 Å². The van der Waals surface area contributed by atoms with E-state index in [1.165, 1.54) is 0 Å². The van der Waals surface area contributed by atoms with E-state index in [-0.39, 0.29) is 6.42 Å². The van der Waals surface area contributed by atoms with Gasteiger partial charge in [-0.2, -0.15) is 0 Å². The van der Waals surface area contributed by atoms with E-state index in [0.717, 1.165) is 0 Å². The molecule has 1 aliphatic rings. The lowest BCUT2D eigenvalue weighted by Crippen LogP contribution is -2.13. The smallest absolute Gasteiger partial charge is 0.312 e. The van der Waals surface area contributed by atoms with Gasteiger partial charge in [0.15, 0.2) is 0 Å². The molecule has 0 aliphatic heterocycles. The van der Waals surface area contributed by atoms with Crippen LogP contribution in [0.1, 0.15) is 18.9 Å². The van der Waals surface area contributed by atoms with Crippen LogP contribution in [0.4, 0.5) is 4.39 Å². The van der Waals surface area contributed by atoms with Gasteiger partial charge in [0.05, 0.1) is 12.5 Å². The summed E-state index contributed by atoms with van der Waals surface area (Å²) in [6.07, 6.45) is 0.246. The topological polar surface area (TPSA) is 26.3 Å². The van der Waals surface area contributed by atoms with Crippen molar-refractivity contribution in [1.29, 1.82) is 0 Å². The molecule has 1 saturated carbocycles. The third-order valence-corrected chi connectivity index (χ3v) is 2.72. The van der Waals surface area contributed by atoms with Crippen molar-refractivity contribution in [2.45, 2.75) is 19.0 Å². The average molecular weight is 208 g/mol. The first-order valence-electron chi connectivity index (χ1n) is 5.09. The number of esters is 1. The van der Waals surface area contributed by atoms with Crippen LogP contribution in [0.3, 0.4) is 0 Å². The largest absolute Gasteiger partial charge is 0.466 e. The van der Waals surface area contributed by atoms with Crippen LogP contribution < -0.4 is 0 Å². The highest BCUT2D eigenvalue weighted by Gasteiger charge is 2.61. The highest BCUT2D eigenvalue weighted by molar-refractivity contribution is 5.78. The van der Waals surface area contributed by atoms with E-state index in [4.69, 9.17) is 4.74 Å². The Morgan fingerprint density at radius 2 is 2.20 bits per heavy atom. The Kier molecular flexibility index (Phi) is 2.47. The molecule has 2 unspecified atom stereocenters. The summed E-state index contributed by atoms with van der Waals surface area (Å²) in [6, 6.07) is 8.79. The van der Waals surface area contributed by atoms with Crippen LogP contribution in [0.25, 0.3) is 0 Å². The number of carbonyl (C=O) groups excluding carboxylic acids is 1. The molecule has 0 N–H and O–H groups in total. The van der Waals surface area contributed by atoms with Crippen molar-refractivity contribution in [3.63, 3.8) is 0 Å². The highest BCUT2D eigenvalue weighted by atomic mass is 19.1. The van der Waals surface area contributed by atoms with Gasteiger partial charge in [0.25, 0.3) is 0 Å². The zero-order valence-electron chi connectivity index (χ0n) is 8.57. The van der Waals surface area contributed by atoms with Crippen LogP contribution in [0.15, 0.2) is 30.3 Å². The second-order valence-corrected chi connectivity index (χ2v) is 3.74. The third-order valence-electron chi connectivity index (χ3n) is 2.72. The van der Waals surface area contributed by atoms with Gasteiger partial charge in [0, 0.05) is 6.42 Å². The number of hydrogen-bond acceptors (Lipinski definition) is 2. The molecular formula is C12H13FO2. The van der Waals surface area contributed by atoms with Crippen LogP contribution in [0.5, 0.6) is 0 Å². The number of carbonyl (C=O) groups is 1. The molecule has 0 aromatic heterocycles. The molecule has 1 aromatic carbocycles. The van der Waals surface area contributed by atoms with Crippen molar-refractivity contribution in [2.24, 2.45) is 5.92 Å². The molecule has 3 heteroatoms. The second kappa shape index (κ2) is 3.65. The first-order chi connectivity index (χ1) is 7.18. The molecule has 0 spiro atoms. The fourth-order valence-electron chi connectivity index (χ4n) is 1.79. The van der Waals surface area contributed by atoms with Gasteiger partial charge in [0.2, 0.25) is 0 Å².